The number of ether oxygens (including phenoxy) is 1. The van der Waals surface area contributed by atoms with Crippen LogP contribution in [0.15, 0.2) is 35.5 Å². The molecule has 8 nitrogen and oxygen atoms in total. The lowest BCUT2D eigenvalue weighted by Gasteiger charge is -2.20. The summed E-state index contributed by atoms with van der Waals surface area (Å²) in [4.78, 5) is 11.2. The summed E-state index contributed by atoms with van der Waals surface area (Å²) in [6.45, 7) is 0. The Hall–Kier alpha value is -2.52. The molecule has 0 aliphatic rings. The summed E-state index contributed by atoms with van der Waals surface area (Å²) < 4.78 is 19.1. The second-order valence-corrected chi connectivity index (χ2v) is 8.62. The van der Waals surface area contributed by atoms with Crippen molar-refractivity contribution in [3.63, 3.8) is 0 Å². The predicted molar refractivity (Wildman–Crippen MR) is 98.8 cm³/mol. The predicted octanol–water partition coefficient (Wildman–Crippen LogP) is 0.669. The summed E-state index contributed by atoms with van der Waals surface area (Å²) in [5, 5.41) is 9.98. The summed E-state index contributed by atoms with van der Waals surface area (Å²) >= 11 is 0. The summed E-state index contributed by atoms with van der Waals surface area (Å²) in [5.41, 5.74) is 1.92. The molecule has 9 heteroatoms. The average Bonchev–Trinajstić information content (AvgIpc) is 3.01. The van der Waals surface area contributed by atoms with Crippen molar-refractivity contribution in [3.05, 3.63) is 41.7 Å². The van der Waals surface area contributed by atoms with Gasteiger partial charge in [-0.05, 0) is 27.8 Å². The topological polar surface area (TPSA) is 98.6 Å². The Balaban J connectivity index is 2.08. The molecule has 0 aliphatic heterocycles. The maximum atomic E-state index is 12.0. The van der Waals surface area contributed by atoms with Crippen LogP contribution in [-0.4, -0.2) is 51.3 Å². The fourth-order valence-corrected chi connectivity index (χ4v) is 3.48. The molecule has 2 heterocycles. The largest absolute Gasteiger partial charge is 0.481 e. The zero-order valence-corrected chi connectivity index (χ0v) is 15.6. The number of anilines is 1. The zero-order chi connectivity index (χ0) is 18.2. The zero-order valence-electron chi connectivity index (χ0n) is 14.7. The smallest absolute Gasteiger partial charge is 0.257 e. The van der Waals surface area contributed by atoms with Crippen molar-refractivity contribution in [1.82, 2.24) is 19.6 Å². The molecule has 0 unspecified atom stereocenters. The number of fused-ring (bicyclic) bond motifs is 1. The summed E-state index contributed by atoms with van der Waals surface area (Å²) in [6.07, 6.45) is 3.60. The van der Waals surface area contributed by atoms with Crippen molar-refractivity contribution in [2.24, 2.45) is 5.14 Å². The number of hydrogen-bond acceptors (Lipinski definition) is 6. The van der Waals surface area contributed by atoms with E-state index in [2.05, 4.69) is 15.1 Å². The first-order valence-corrected chi connectivity index (χ1v) is 9.93. The lowest BCUT2D eigenvalue weighted by atomic mass is 10.1. The van der Waals surface area contributed by atoms with E-state index in [-0.39, 0.29) is 0 Å². The minimum absolute atomic E-state index is 0.481. The average molecular weight is 362 g/mol. The van der Waals surface area contributed by atoms with Crippen molar-refractivity contribution in [3.8, 4) is 5.88 Å². The van der Waals surface area contributed by atoms with E-state index in [1.54, 1.807) is 30.0 Å². The minimum Gasteiger partial charge on any atom is -0.481 e. The van der Waals surface area contributed by atoms with Crippen molar-refractivity contribution in [1.29, 1.82) is 0 Å². The number of thiol groups is 1. The van der Waals surface area contributed by atoms with Gasteiger partial charge in [-0.15, -0.1) is 0 Å². The second-order valence-electron chi connectivity index (χ2n) is 6.12. The van der Waals surface area contributed by atoms with Gasteiger partial charge in [-0.25, -0.2) is 0 Å². The van der Waals surface area contributed by atoms with Crippen molar-refractivity contribution in [2.75, 3.05) is 32.4 Å². The van der Waals surface area contributed by atoms with Gasteiger partial charge in [0.05, 0.1) is 12.7 Å². The third kappa shape index (κ3) is 3.33. The van der Waals surface area contributed by atoms with Crippen molar-refractivity contribution < 1.29 is 8.95 Å². The van der Waals surface area contributed by atoms with Crippen LogP contribution in [0.1, 0.15) is 11.1 Å². The van der Waals surface area contributed by atoms with Crippen molar-refractivity contribution in [2.45, 2.75) is 11.3 Å². The third-order valence-electron chi connectivity index (χ3n) is 3.91. The SMILES string of the molecule is COc1nc2ncnn2c(N(C)C)c1Cc1ccc([SH](C)(N)=O)cc1. The Morgan fingerprint density at radius 3 is 2.52 bits per heavy atom. The quantitative estimate of drug-likeness (QED) is 0.647. The highest BCUT2D eigenvalue weighted by atomic mass is 32.3. The molecule has 0 saturated carbocycles. The first-order valence-electron chi connectivity index (χ1n) is 7.70. The fraction of sp³-hybridized carbons (Fsp3) is 0.312. The Kier molecular flexibility index (Phi) is 4.44. The number of nitrogens with two attached hydrogens (primary N) is 1. The number of rotatable bonds is 5. The van der Waals surface area contributed by atoms with Gasteiger partial charge in [0.1, 0.15) is 12.1 Å². The molecule has 0 amide bonds. The molecule has 0 aliphatic carbocycles. The van der Waals surface area contributed by atoms with Crippen LogP contribution in [0.3, 0.4) is 0 Å². The van der Waals surface area contributed by atoms with E-state index in [4.69, 9.17) is 9.88 Å². The fourth-order valence-electron chi connectivity index (χ4n) is 2.74. The maximum Gasteiger partial charge on any atom is 0.257 e. The van der Waals surface area contributed by atoms with Gasteiger partial charge in [0.25, 0.3) is 5.78 Å². The first-order chi connectivity index (χ1) is 11.8. The van der Waals surface area contributed by atoms with Crippen LogP contribution in [0, 0.1) is 0 Å². The van der Waals surface area contributed by atoms with Gasteiger partial charge in [0, 0.05) is 31.7 Å². The van der Waals surface area contributed by atoms with Crippen LogP contribution < -0.4 is 14.8 Å². The van der Waals surface area contributed by atoms with Gasteiger partial charge >= 0.3 is 0 Å². The Morgan fingerprint density at radius 1 is 1.28 bits per heavy atom. The van der Waals surface area contributed by atoms with E-state index in [0.717, 1.165) is 16.9 Å². The van der Waals surface area contributed by atoms with Crippen LogP contribution in [0.5, 0.6) is 5.88 Å². The number of methoxy groups -OCH3 is 1. The first kappa shape index (κ1) is 17.3. The monoisotopic (exact) mass is 362 g/mol. The van der Waals surface area contributed by atoms with E-state index >= 15 is 0 Å². The number of hydrogen-bond donors (Lipinski definition) is 2. The van der Waals surface area contributed by atoms with E-state index in [1.807, 2.05) is 31.1 Å². The molecule has 0 bridgehead atoms. The van der Waals surface area contributed by atoms with Gasteiger partial charge in [-0.1, -0.05) is 12.1 Å². The molecule has 3 rings (SSSR count). The minimum atomic E-state index is -2.75. The van der Waals surface area contributed by atoms with Gasteiger partial charge in [0.2, 0.25) is 5.88 Å². The molecule has 0 spiro atoms. The van der Waals surface area contributed by atoms with Crippen molar-refractivity contribution >= 4 is 21.7 Å². The summed E-state index contributed by atoms with van der Waals surface area (Å²) in [7, 11) is 2.70. The van der Waals surface area contributed by atoms with Gasteiger partial charge in [-0.2, -0.15) is 19.6 Å². The van der Waals surface area contributed by atoms with Crippen LogP contribution in [0.25, 0.3) is 5.78 Å². The van der Waals surface area contributed by atoms with Crippen LogP contribution in [-0.2, 0) is 16.5 Å². The van der Waals surface area contributed by atoms with Gasteiger partial charge in [0.15, 0.2) is 0 Å². The van der Waals surface area contributed by atoms with Gasteiger partial charge < -0.3 is 9.64 Å². The van der Waals surface area contributed by atoms with E-state index in [9.17, 15) is 4.21 Å². The van der Waals surface area contributed by atoms with E-state index in [1.165, 1.54) is 6.33 Å². The molecule has 2 N–H and O–H groups in total. The Labute approximate surface area is 147 Å². The molecule has 3 aromatic rings. The molecule has 0 atom stereocenters. The Morgan fingerprint density at radius 2 is 1.96 bits per heavy atom. The molecule has 134 valence electrons. The molecule has 0 saturated heterocycles. The maximum absolute atomic E-state index is 12.0. The Bertz CT molecular complexity index is 945. The molecule has 25 heavy (non-hydrogen) atoms. The number of nitrogens with zero attached hydrogens (tertiary/aromatic N) is 5. The highest BCUT2D eigenvalue weighted by Crippen LogP contribution is 2.29. The summed E-state index contributed by atoms with van der Waals surface area (Å²) in [6, 6.07) is 7.45. The van der Waals surface area contributed by atoms with E-state index in [0.29, 0.717) is 23.0 Å². The van der Waals surface area contributed by atoms with Crippen LogP contribution in [0.2, 0.25) is 0 Å². The lowest BCUT2D eigenvalue weighted by Crippen LogP contribution is -2.20. The van der Waals surface area contributed by atoms with Gasteiger partial charge in [-0.3, -0.25) is 9.35 Å². The molecule has 0 fully saturated rings. The van der Waals surface area contributed by atoms with Crippen LogP contribution >= 0.6 is 0 Å². The summed E-state index contributed by atoms with van der Waals surface area (Å²) in [5.74, 6) is 1.84. The standard InChI is InChI=1S/C16H22N6O2S/c1-21(2)15-13(14(24-3)20-16-18-10-19-22(15)16)9-11-5-7-12(8-6-11)25(4,17)23/h5-8,10,25H,9H2,1-4H3,(H2,17,23). The van der Waals surface area contributed by atoms with Crippen LogP contribution in [0.4, 0.5) is 5.82 Å². The lowest BCUT2D eigenvalue weighted by molar-refractivity contribution is 0.393. The molecular weight excluding hydrogens is 340 g/mol. The highest BCUT2D eigenvalue weighted by molar-refractivity contribution is 8.00. The third-order valence-corrected chi connectivity index (χ3v) is 5.23. The molecular formula is C16H22N6O2S. The number of benzene rings is 1. The highest BCUT2D eigenvalue weighted by Gasteiger charge is 2.19. The normalized spacial score (nSPS) is 12.4. The number of aromatic nitrogens is 4. The van der Waals surface area contributed by atoms with E-state index < -0.39 is 10.1 Å². The molecule has 0 radical (unpaired) electrons. The molecule has 1 aromatic carbocycles. The molecule has 2 aromatic heterocycles. The second kappa shape index (κ2) is 6.41.